The van der Waals surface area contributed by atoms with Crippen LogP contribution >= 0.6 is 0 Å². The fourth-order valence-electron chi connectivity index (χ4n) is 1.74. The fourth-order valence-corrected chi connectivity index (χ4v) is 1.74. The van der Waals surface area contributed by atoms with Crippen LogP contribution in [0.25, 0.3) is 11.1 Å². The molecule has 0 bridgehead atoms. The molecule has 0 unspecified atom stereocenters. The lowest BCUT2D eigenvalue weighted by atomic mass is 10.0. The van der Waals surface area contributed by atoms with Crippen molar-refractivity contribution >= 4 is 11.4 Å². The van der Waals surface area contributed by atoms with Crippen LogP contribution in [-0.4, -0.2) is 14.1 Å². The highest BCUT2D eigenvalue weighted by molar-refractivity contribution is 5.77. The zero-order valence-electron chi connectivity index (χ0n) is 9.94. The van der Waals surface area contributed by atoms with Crippen LogP contribution in [0.4, 0.5) is 15.8 Å². The summed E-state index contributed by atoms with van der Waals surface area (Å²) in [6.45, 7) is 0. The summed E-state index contributed by atoms with van der Waals surface area (Å²) < 4.78 is 12.9. The van der Waals surface area contributed by atoms with Gasteiger partial charge in [0.15, 0.2) is 0 Å². The minimum absolute atomic E-state index is 0.309. The van der Waals surface area contributed by atoms with Crippen LogP contribution in [0.15, 0.2) is 42.5 Å². The summed E-state index contributed by atoms with van der Waals surface area (Å²) in [4.78, 5) is 2.03. The van der Waals surface area contributed by atoms with E-state index >= 15 is 0 Å². The molecule has 0 saturated heterocycles. The summed E-state index contributed by atoms with van der Waals surface area (Å²) in [7, 11) is 3.97. The molecule has 0 fully saturated rings. The van der Waals surface area contributed by atoms with Gasteiger partial charge in [-0.3, -0.25) is 0 Å². The SMILES string of the molecule is CN(C)c1ccc(-c2ccc(F)cc2N)cc1. The van der Waals surface area contributed by atoms with Gasteiger partial charge in [0.25, 0.3) is 0 Å². The maximum Gasteiger partial charge on any atom is 0.125 e. The van der Waals surface area contributed by atoms with Crippen molar-refractivity contribution in [1.29, 1.82) is 0 Å². The number of nitrogen functional groups attached to an aromatic ring is 1. The van der Waals surface area contributed by atoms with Gasteiger partial charge >= 0.3 is 0 Å². The van der Waals surface area contributed by atoms with Crippen LogP contribution in [-0.2, 0) is 0 Å². The maximum absolute atomic E-state index is 12.9. The highest BCUT2D eigenvalue weighted by Crippen LogP contribution is 2.27. The number of halogens is 1. The molecular formula is C14H15FN2. The predicted molar refractivity (Wildman–Crippen MR) is 70.6 cm³/mol. The lowest BCUT2D eigenvalue weighted by Crippen LogP contribution is -2.07. The molecule has 17 heavy (non-hydrogen) atoms. The first-order valence-corrected chi connectivity index (χ1v) is 5.41. The largest absolute Gasteiger partial charge is 0.398 e. The average Bonchev–Trinajstić information content (AvgIpc) is 2.29. The summed E-state index contributed by atoms with van der Waals surface area (Å²) in [6.07, 6.45) is 0. The highest BCUT2D eigenvalue weighted by atomic mass is 19.1. The Hall–Kier alpha value is -2.03. The van der Waals surface area contributed by atoms with Crippen LogP contribution in [0.2, 0.25) is 0 Å². The van der Waals surface area contributed by atoms with E-state index in [0.29, 0.717) is 5.69 Å². The van der Waals surface area contributed by atoms with Crippen LogP contribution in [0.5, 0.6) is 0 Å². The average molecular weight is 230 g/mol. The Morgan fingerprint density at radius 1 is 1.00 bits per heavy atom. The molecule has 0 spiro atoms. The van der Waals surface area contributed by atoms with E-state index in [1.165, 1.54) is 12.1 Å². The minimum Gasteiger partial charge on any atom is -0.398 e. The Kier molecular flexibility index (Phi) is 3.00. The molecule has 0 aliphatic carbocycles. The van der Waals surface area contributed by atoms with E-state index in [0.717, 1.165) is 16.8 Å². The monoisotopic (exact) mass is 230 g/mol. The van der Waals surface area contributed by atoms with Crippen molar-refractivity contribution in [3.05, 3.63) is 48.3 Å². The highest BCUT2D eigenvalue weighted by Gasteiger charge is 2.04. The number of benzene rings is 2. The minimum atomic E-state index is -0.309. The lowest BCUT2D eigenvalue weighted by molar-refractivity contribution is 0.628. The standard InChI is InChI=1S/C14H15FN2/c1-17(2)12-6-3-10(4-7-12)13-8-5-11(15)9-14(13)16/h3-9H,16H2,1-2H3. The summed E-state index contributed by atoms with van der Waals surface area (Å²) in [6, 6.07) is 12.5. The second kappa shape index (κ2) is 4.45. The van der Waals surface area contributed by atoms with Gasteiger partial charge in [0.2, 0.25) is 0 Å². The Morgan fingerprint density at radius 3 is 2.18 bits per heavy atom. The fraction of sp³-hybridized carbons (Fsp3) is 0.143. The summed E-state index contributed by atoms with van der Waals surface area (Å²) >= 11 is 0. The van der Waals surface area contributed by atoms with Gasteiger partial charge in [-0.1, -0.05) is 12.1 Å². The Bertz CT molecular complexity index is 518. The van der Waals surface area contributed by atoms with Gasteiger partial charge in [-0.05, 0) is 35.9 Å². The molecule has 0 atom stereocenters. The van der Waals surface area contributed by atoms with Gasteiger partial charge in [-0.2, -0.15) is 0 Å². The number of rotatable bonds is 2. The summed E-state index contributed by atoms with van der Waals surface area (Å²) in [5.41, 5.74) is 9.23. The van der Waals surface area contributed by atoms with Crippen LogP contribution in [0.3, 0.4) is 0 Å². The lowest BCUT2D eigenvalue weighted by Gasteiger charge is -2.13. The Balaban J connectivity index is 2.40. The first kappa shape index (κ1) is 11.5. The van der Waals surface area contributed by atoms with Gasteiger partial charge in [0.05, 0.1) is 0 Å². The van der Waals surface area contributed by atoms with E-state index in [1.807, 2.05) is 43.3 Å². The topological polar surface area (TPSA) is 29.3 Å². The molecule has 0 saturated carbocycles. The third kappa shape index (κ3) is 2.38. The van der Waals surface area contributed by atoms with E-state index in [-0.39, 0.29) is 5.82 Å². The number of hydrogen-bond donors (Lipinski definition) is 1. The normalized spacial score (nSPS) is 10.3. The molecule has 0 aliphatic rings. The van der Waals surface area contributed by atoms with E-state index in [1.54, 1.807) is 6.07 Å². The molecule has 2 nitrogen and oxygen atoms in total. The molecule has 2 N–H and O–H groups in total. The molecule has 2 aromatic rings. The van der Waals surface area contributed by atoms with Crippen molar-refractivity contribution in [2.24, 2.45) is 0 Å². The predicted octanol–water partition coefficient (Wildman–Crippen LogP) is 3.14. The Labute approximate surface area is 100 Å². The van der Waals surface area contributed by atoms with E-state index in [4.69, 9.17) is 5.73 Å². The van der Waals surface area contributed by atoms with Gasteiger partial charge in [0, 0.05) is 31.0 Å². The van der Waals surface area contributed by atoms with Crippen molar-refractivity contribution in [2.45, 2.75) is 0 Å². The summed E-state index contributed by atoms with van der Waals surface area (Å²) in [5.74, 6) is -0.309. The maximum atomic E-state index is 12.9. The van der Waals surface area contributed by atoms with E-state index < -0.39 is 0 Å². The quantitative estimate of drug-likeness (QED) is 0.803. The summed E-state index contributed by atoms with van der Waals surface area (Å²) in [5, 5.41) is 0. The number of hydrogen-bond acceptors (Lipinski definition) is 2. The zero-order chi connectivity index (χ0) is 12.4. The van der Waals surface area contributed by atoms with Crippen molar-refractivity contribution in [1.82, 2.24) is 0 Å². The van der Waals surface area contributed by atoms with Gasteiger partial charge in [-0.15, -0.1) is 0 Å². The zero-order valence-corrected chi connectivity index (χ0v) is 9.94. The van der Waals surface area contributed by atoms with Crippen molar-refractivity contribution < 1.29 is 4.39 Å². The van der Waals surface area contributed by atoms with E-state index in [9.17, 15) is 4.39 Å². The molecule has 2 rings (SSSR count). The number of anilines is 2. The van der Waals surface area contributed by atoms with Gasteiger partial charge < -0.3 is 10.6 Å². The molecule has 2 aromatic carbocycles. The smallest absolute Gasteiger partial charge is 0.125 e. The van der Waals surface area contributed by atoms with Crippen molar-refractivity contribution in [3.63, 3.8) is 0 Å². The Morgan fingerprint density at radius 2 is 1.65 bits per heavy atom. The van der Waals surface area contributed by atoms with Crippen molar-refractivity contribution in [3.8, 4) is 11.1 Å². The van der Waals surface area contributed by atoms with Crippen LogP contribution < -0.4 is 10.6 Å². The van der Waals surface area contributed by atoms with Crippen LogP contribution in [0, 0.1) is 5.82 Å². The second-order valence-corrected chi connectivity index (χ2v) is 4.17. The molecule has 0 heterocycles. The number of nitrogens with zero attached hydrogens (tertiary/aromatic N) is 1. The first-order chi connectivity index (χ1) is 8.08. The van der Waals surface area contributed by atoms with Gasteiger partial charge in [0.1, 0.15) is 5.82 Å². The number of nitrogens with two attached hydrogens (primary N) is 1. The third-order valence-corrected chi connectivity index (χ3v) is 2.71. The van der Waals surface area contributed by atoms with Crippen LogP contribution in [0.1, 0.15) is 0 Å². The molecule has 0 radical (unpaired) electrons. The molecular weight excluding hydrogens is 215 g/mol. The first-order valence-electron chi connectivity index (χ1n) is 5.41. The molecule has 0 aliphatic heterocycles. The molecule has 3 heteroatoms. The molecule has 0 aromatic heterocycles. The van der Waals surface area contributed by atoms with E-state index in [2.05, 4.69) is 0 Å². The third-order valence-electron chi connectivity index (χ3n) is 2.71. The molecule has 88 valence electrons. The van der Waals surface area contributed by atoms with Crippen molar-refractivity contribution in [2.75, 3.05) is 24.7 Å². The van der Waals surface area contributed by atoms with Gasteiger partial charge in [-0.25, -0.2) is 4.39 Å². The molecule has 0 amide bonds. The second-order valence-electron chi connectivity index (χ2n) is 4.17.